The summed E-state index contributed by atoms with van der Waals surface area (Å²) in [5, 5.41) is 9.29. The van der Waals surface area contributed by atoms with E-state index in [1.165, 1.54) is 18.9 Å². The zero-order valence-corrected chi connectivity index (χ0v) is 11.0. The number of hydrogen-bond donors (Lipinski definition) is 0. The van der Waals surface area contributed by atoms with Crippen LogP contribution in [0.25, 0.3) is 0 Å². The van der Waals surface area contributed by atoms with Gasteiger partial charge in [0.25, 0.3) is 0 Å². The Kier molecular flexibility index (Phi) is 4.57. The van der Waals surface area contributed by atoms with E-state index < -0.39 is 0 Å². The van der Waals surface area contributed by atoms with Gasteiger partial charge in [0.05, 0.1) is 12.6 Å². The predicted molar refractivity (Wildman–Crippen MR) is 69.7 cm³/mol. The van der Waals surface area contributed by atoms with Gasteiger partial charge in [-0.2, -0.15) is 5.26 Å². The molecule has 1 saturated carbocycles. The molecule has 0 radical (unpaired) electrons. The van der Waals surface area contributed by atoms with Crippen molar-refractivity contribution in [3.8, 4) is 6.07 Å². The van der Waals surface area contributed by atoms with Crippen LogP contribution in [0.15, 0.2) is 18.2 Å². The second-order valence-corrected chi connectivity index (χ2v) is 5.17. The van der Waals surface area contributed by atoms with Crippen LogP contribution < -0.4 is 0 Å². The van der Waals surface area contributed by atoms with E-state index in [0.717, 1.165) is 12.8 Å². The molecule has 0 heterocycles. The summed E-state index contributed by atoms with van der Waals surface area (Å²) in [6.07, 6.45) is 4.62. The lowest BCUT2D eigenvalue weighted by Gasteiger charge is -2.26. The third-order valence-corrected chi connectivity index (χ3v) is 3.74. The Morgan fingerprint density at radius 1 is 1.39 bits per heavy atom. The minimum absolute atomic E-state index is 0.288. The van der Waals surface area contributed by atoms with Crippen molar-refractivity contribution < 1.29 is 4.39 Å². The number of benzene rings is 1. The van der Waals surface area contributed by atoms with Crippen molar-refractivity contribution in [3.63, 3.8) is 0 Å². The van der Waals surface area contributed by atoms with Gasteiger partial charge in [-0.25, -0.2) is 4.39 Å². The SMILES string of the molecule is N#CCN(Cc1ccc(Cl)cc1F)C1CCCC1. The van der Waals surface area contributed by atoms with Gasteiger partial charge < -0.3 is 0 Å². The van der Waals surface area contributed by atoms with Crippen molar-refractivity contribution in [2.75, 3.05) is 6.54 Å². The Bertz CT molecular complexity index is 450. The van der Waals surface area contributed by atoms with Crippen molar-refractivity contribution in [1.82, 2.24) is 4.90 Å². The molecule has 2 rings (SSSR count). The third-order valence-electron chi connectivity index (χ3n) is 3.50. The fourth-order valence-electron chi connectivity index (χ4n) is 2.54. The number of rotatable bonds is 4. The average Bonchev–Trinajstić information content (AvgIpc) is 2.85. The van der Waals surface area contributed by atoms with Crippen LogP contribution in [0.3, 0.4) is 0 Å². The fourth-order valence-corrected chi connectivity index (χ4v) is 2.70. The zero-order valence-electron chi connectivity index (χ0n) is 10.2. The monoisotopic (exact) mass is 266 g/mol. The van der Waals surface area contributed by atoms with Crippen LogP contribution in [-0.2, 0) is 6.54 Å². The first-order chi connectivity index (χ1) is 8.70. The Morgan fingerprint density at radius 3 is 2.72 bits per heavy atom. The van der Waals surface area contributed by atoms with Crippen LogP contribution in [0, 0.1) is 17.1 Å². The normalized spacial score (nSPS) is 16.1. The van der Waals surface area contributed by atoms with Gasteiger partial charge in [0.15, 0.2) is 0 Å². The van der Waals surface area contributed by atoms with E-state index in [0.29, 0.717) is 29.7 Å². The maximum absolute atomic E-state index is 13.7. The molecule has 96 valence electrons. The largest absolute Gasteiger partial charge is 0.283 e. The molecule has 1 aliphatic rings. The fraction of sp³-hybridized carbons (Fsp3) is 0.500. The lowest BCUT2D eigenvalue weighted by molar-refractivity contribution is 0.211. The molecule has 0 atom stereocenters. The molecule has 1 fully saturated rings. The number of nitriles is 1. The van der Waals surface area contributed by atoms with Gasteiger partial charge in [-0.15, -0.1) is 0 Å². The van der Waals surface area contributed by atoms with E-state index in [1.54, 1.807) is 12.1 Å². The topological polar surface area (TPSA) is 27.0 Å². The van der Waals surface area contributed by atoms with E-state index in [-0.39, 0.29) is 5.82 Å². The van der Waals surface area contributed by atoms with E-state index in [2.05, 4.69) is 11.0 Å². The first-order valence-electron chi connectivity index (χ1n) is 6.25. The Morgan fingerprint density at radius 2 is 2.11 bits per heavy atom. The maximum Gasteiger partial charge on any atom is 0.129 e. The van der Waals surface area contributed by atoms with Crippen LogP contribution >= 0.6 is 11.6 Å². The highest BCUT2D eigenvalue weighted by molar-refractivity contribution is 6.30. The van der Waals surface area contributed by atoms with Gasteiger partial charge in [-0.05, 0) is 25.0 Å². The quantitative estimate of drug-likeness (QED) is 0.776. The van der Waals surface area contributed by atoms with Crippen molar-refractivity contribution >= 4 is 11.6 Å². The summed E-state index contributed by atoms with van der Waals surface area (Å²) < 4.78 is 13.7. The number of hydrogen-bond acceptors (Lipinski definition) is 2. The molecule has 0 N–H and O–H groups in total. The van der Waals surface area contributed by atoms with Crippen molar-refractivity contribution in [2.24, 2.45) is 0 Å². The zero-order chi connectivity index (χ0) is 13.0. The van der Waals surface area contributed by atoms with Crippen molar-refractivity contribution in [2.45, 2.75) is 38.3 Å². The van der Waals surface area contributed by atoms with Gasteiger partial charge in [-0.3, -0.25) is 4.90 Å². The molecule has 0 amide bonds. The third kappa shape index (κ3) is 3.22. The Hall–Kier alpha value is -1.11. The van der Waals surface area contributed by atoms with Gasteiger partial charge in [0, 0.05) is 23.2 Å². The standard InChI is InChI=1S/C14H16ClFN2/c15-12-6-5-11(14(16)9-12)10-18(8-7-17)13-3-1-2-4-13/h5-6,9,13H,1-4,8,10H2. The Balaban J connectivity index is 2.10. The van der Waals surface area contributed by atoms with Crippen LogP contribution in [0.1, 0.15) is 31.2 Å². The lowest BCUT2D eigenvalue weighted by atomic mass is 10.1. The molecule has 0 bridgehead atoms. The van der Waals surface area contributed by atoms with Crippen LogP contribution in [0.2, 0.25) is 5.02 Å². The summed E-state index contributed by atoms with van der Waals surface area (Å²) in [5.74, 6) is -0.288. The van der Waals surface area contributed by atoms with Gasteiger partial charge >= 0.3 is 0 Å². The average molecular weight is 267 g/mol. The summed E-state index contributed by atoms with van der Waals surface area (Å²) in [4.78, 5) is 2.07. The van der Waals surface area contributed by atoms with E-state index in [1.807, 2.05) is 0 Å². The summed E-state index contributed by atoms with van der Waals surface area (Å²) in [6.45, 7) is 0.841. The highest BCUT2D eigenvalue weighted by Gasteiger charge is 2.23. The molecular weight excluding hydrogens is 251 g/mol. The minimum Gasteiger partial charge on any atom is -0.283 e. The van der Waals surface area contributed by atoms with Gasteiger partial charge in [0.2, 0.25) is 0 Å². The van der Waals surface area contributed by atoms with E-state index in [4.69, 9.17) is 16.9 Å². The molecule has 0 saturated heterocycles. The van der Waals surface area contributed by atoms with Crippen LogP contribution in [0.4, 0.5) is 4.39 Å². The number of halogens is 2. The molecule has 2 nitrogen and oxygen atoms in total. The van der Waals surface area contributed by atoms with Crippen LogP contribution in [-0.4, -0.2) is 17.5 Å². The number of nitrogens with zero attached hydrogens (tertiary/aromatic N) is 2. The van der Waals surface area contributed by atoms with Crippen LogP contribution in [0.5, 0.6) is 0 Å². The highest BCUT2D eigenvalue weighted by atomic mass is 35.5. The molecule has 4 heteroatoms. The molecule has 1 aromatic carbocycles. The Labute approximate surface area is 112 Å². The summed E-state index contributed by atoms with van der Waals surface area (Å²) in [7, 11) is 0. The van der Waals surface area contributed by atoms with Crippen molar-refractivity contribution in [3.05, 3.63) is 34.6 Å². The van der Waals surface area contributed by atoms with E-state index in [9.17, 15) is 4.39 Å². The predicted octanol–water partition coefficient (Wildman–Crippen LogP) is 3.75. The molecule has 0 aliphatic heterocycles. The molecule has 1 aliphatic carbocycles. The molecule has 0 spiro atoms. The molecule has 1 aromatic rings. The second kappa shape index (κ2) is 6.17. The molecular formula is C14H16ClFN2. The summed E-state index contributed by atoms with van der Waals surface area (Å²) >= 11 is 5.74. The lowest BCUT2D eigenvalue weighted by Crippen LogP contribution is -2.33. The molecule has 0 unspecified atom stereocenters. The summed E-state index contributed by atoms with van der Waals surface area (Å²) in [5.41, 5.74) is 0.613. The smallest absolute Gasteiger partial charge is 0.129 e. The van der Waals surface area contributed by atoms with E-state index >= 15 is 0 Å². The maximum atomic E-state index is 13.7. The highest BCUT2D eigenvalue weighted by Crippen LogP contribution is 2.25. The second-order valence-electron chi connectivity index (χ2n) is 4.74. The minimum atomic E-state index is -0.288. The van der Waals surface area contributed by atoms with Gasteiger partial charge in [-0.1, -0.05) is 30.5 Å². The molecule has 0 aromatic heterocycles. The first kappa shape index (κ1) is 13.3. The first-order valence-corrected chi connectivity index (χ1v) is 6.63. The van der Waals surface area contributed by atoms with Crippen molar-refractivity contribution in [1.29, 1.82) is 5.26 Å². The molecule has 18 heavy (non-hydrogen) atoms. The summed E-state index contributed by atoms with van der Waals surface area (Å²) in [6, 6.07) is 7.32. The van der Waals surface area contributed by atoms with Gasteiger partial charge in [0.1, 0.15) is 5.82 Å².